The molecule has 0 atom stereocenters. The molecule has 0 aromatic heterocycles. The number of methoxy groups -OCH3 is 1. The van der Waals surface area contributed by atoms with Crippen molar-refractivity contribution < 1.29 is 4.74 Å². The van der Waals surface area contributed by atoms with Gasteiger partial charge in [0.1, 0.15) is 5.75 Å². The van der Waals surface area contributed by atoms with Crippen molar-refractivity contribution in [3.63, 3.8) is 0 Å². The van der Waals surface area contributed by atoms with Gasteiger partial charge in [-0.15, -0.1) is 0 Å². The molecule has 1 rings (SSSR count). The Morgan fingerprint density at radius 2 is 2.27 bits per heavy atom. The monoisotopic (exact) mass is 221 g/mol. The lowest BCUT2D eigenvalue weighted by atomic mass is 10.1. The number of ether oxygens (including phenoxy) is 1. The van der Waals surface area contributed by atoms with E-state index in [1.54, 1.807) is 13.2 Å². The van der Waals surface area contributed by atoms with Crippen LogP contribution < -0.4 is 4.74 Å². The van der Waals surface area contributed by atoms with E-state index >= 15 is 0 Å². The number of benzene rings is 1. The lowest BCUT2D eigenvalue weighted by Crippen LogP contribution is -1.92. The normalized spacial score (nSPS) is 9.67. The average molecular weight is 221 g/mol. The fraction of sp³-hybridized carbons (Fsp3) is 0.417. The maximum Gasteiger partial charge on any atom is 0.122 e. The highest BCUT2D eigenvalue weighted by molar-refractivity contribution is 7.98. The van der Waals surface area contributed by atoms with Crippen molar-refractivity contribution in [2.24, 2.45) is 0 Å². The Hall–Kier alpha value is -1.14. The van der Waals surface area contributed by atoms with E-state index in [1.165, 1.54) is 6.42 Å². The first-order valence-electron chi connectivity index (χ1n) is 4.96. The average Bonchev–Trinajstić information content (AvgIpc) is 2.29. The molecule has 0 amide bonds. The van der Waals surface area contributed by atoms with Gasteiger partial charge in [0.05, 0.1) is 18.7 Å². The molecule has 1 aromatic carbocycles. The molecule has 0 aliphatic carbocycles. The Kier molecular flexibility index (Phi) is 5.06. The number of nitrogens with zero attached hydrogens (tertiary/aromatic N) is 1. The molecule has 0 N–H and O–H groups in total. The van der Waals surface area contributed by atoms with Gasteiger partial charge in [-0.1, -0.05) is 6.92 Å². The summed E-state index contributed by atoms with van der Waals surface area (Å²) in [5, 5.41) is 8.80. The quantitative estimate of drug-likeness (QED) is 0.716. The molecule has 3 heteroatoms. The van der Waals surface area contributed by atoms with E-state index in [0.717, 1.165) is 22.8 Å². The van der Waals surface area contributed by atoms with E-state index in [1.807, 2.05) is 23.9 Å². The number of thioether (sulfide) groups is 1. The van der Waals surface area contributed by atoms with Crippen LogP contribution in [0.25, 0.3) is 0 Å². The third-order valence-corrected chi connectivity index (χ3v) is 3.23. The number of nitriles is 1. The highest BCUT2D eigenvalue weighted by Gasteiger charge is 2.04. The van der Waals surface area contributed by atoms with Crippen LogP contribution in [-0.2, 0) is 5.75 Å². The van der Waals surface area contributed by atoms with Crippen molar-refractivity contribution in [3.05, 3.63) is 29.3 Å². The topological polar surface area (TPSA) is 33.0 Å². The summed E-state index contributed by atoms with van der Waals surface area (Å²) in [6, 6.07) is 7.69. The van der Waals surface area contributed by atoms with Crippen LogP contribution in [0.1, 0.15) is 24.5 Å². The molecule has 0 unspecified atom stereocenters. The zero-order chi connectivity index (χ0) is 11.1. The molecular formula is C12H15NOS. The second kappa shape index (κ2) is 6.36. The molecule has 0 saturated heterocycles. The Morgan fingerprint density at radius 1 is 1.47 bits per heavy atom. The molecule has 0 spiro atoms. The lowest BCUT2D eigenvalue weighted by molar-refractivity contribution is 0.411. The summed E-state index contributed by atoms with van der Waals surface area (Å²) >= 11 is 1.87. The van der Waals surface area contributed by atoms with E-state index < -0.39 is 0 Å². The molecule has 0 heterocycles. The lowest BCUT2D eigenvalue weighted by Gasteiger charge is -2.08. The Balaban J connectivity index is 2.78. The van der Waals surface area contributed by atoms with Crippen molar-refractivity contribution in [2.45, 2.75) is 19.1 Å². The van der Waals surface area contributed by atoms with Crippen LogP contribution in [-0.4, -0.2) is 12.9 Å². The van der Waals surface area contributed by atoms with Crippen LogP contribution in [0, 0.1) is 11.3 Å². The zero-order valence-corrected chi connectivity index (χ0v) is 9.93. The van der Waals surface area contributed by atoms with E-state index in [0.29, 0.717) is 5.56 Å². The van der Waals surface area contributed by atoms with Gasteiger partial charge in [0.25, 0.3) is 0 Å². The standard InChI is InChI=1S/C12H15NOS/c1-3-6-15-9-11-7-10(8-13)4-5-12(11)14-2/h4-5,7H,3,6,9H2,1-2H3. The maximum absolute atomic E-state index is 8.80. The third-order valence-electron chi connectivity index (χ3n) is 2.02. The molecule has 1 aromatic rings. The van der Waals surface area contributed by atoms with Gasteiger partial charge < -0.3 is 4.74 Å². The van der Waals surface area contributed by atoms with Crippen molar-refractivity contribution in [1.82, 2.24) is 0 Å². The minimum absolute atomic E-state index is 0.697. The molecule has 0 bridgehead atoms. The maximum atomic E-state index is 8.80. The predicted octanol–water partition coefficient (Wildman–Crippen LogP) is 3.21. The first-order valence-corrected chi connectivity index (χ1v) is 6.12. The first kappa shape index (κ1) is 11.9. The summed E-state index contributed by atoms with van der Waals surface area (Å²) in [5.41, 5.74) is 1.80. The van der Waals surface area contributed by atoms with Gasteiger partial charge in [0, 0.05) is 11.3 Å². The van der Waals surface area contributed by atoms with Crippen molar-refractivity contribution in [2.75, 3.05) is 12.9 Å². The molecule has 0 aliphatic rings. The van der Waals surface area contributed by atoms with Crippen LogP contribution in [0.4, 0.5) is 0 Å². The van der Waals surface area contributed by atoms with Gasteiger partial charge >= 0.3 is 0 Å². The zero-order valence-electron chi connectivity index (χ0n) is 9.12. The van der Waals surface area contributed by atoms with Gasteiger partial charge in [0.2, 0.25) is 0 Å². The number of hydrogen-bond acceptors (Lipinski definition) is 3. The molecule has 0 aliphatic heterocycles. The van der Waals surface area contributed by atoms with E-state index in [-0.39, 0.29) is 0 Å². The van der Waals surface area contributed by atoms with Gasteiger partial charge in [-0.05, 0) is 30.4 Å². The largest absolute Gasteiger partial charge is 0.496 e. The Morgan fingerprint density at radius 3 is 2.87 bits per heavy atom. The van der Waals surface area contributed by atoms with Crippen molar-refractivity contribution in [3.8, 4) is 11.8 Å². The number of hydrogen-bond donors (Lipinski definition) is 0. The molecule has 0 fully saturated rings. The smallest absolute Gasteiger partial charge is 0.122 e. The highest BCUT2D eigenvalue weighted by atomic mass is 32.2. The van der Waals surface area contributed by atoms with E-state index in [9.17, 15) is 0 Å². The molecule has 2 nitrogen and oxygen atoms in total. The second-order valence-electron chi connectivity index (χ2n) is 3.19. The summed E-state index contributed by atoms with van der Waals surface area (Å²) in [5.74, 6) is 2.92. The fourth-order valence-electron chi connectivity index (χ4n) is 1.29. The van der Waals surface area contributed by atoms with Crippen molar-refractivity contribution in [1.29, 1.82) is 5.26 Å². The Labute approximate surface area is 95.3 Å². The summed E-state index contributed by atoms with van der Waals surface area (Å²) in [6.45, 7) is 2.16. The van der Waals surface area contributed by atoms with E-state index in [2.05, 4.69) is 13.0 Å². The first-order chi connectivity index (χ1) is 7.31. The minimum atomic E-state index is 0.697. The second-order valence-corrected chi connectivity index (χ2v) is 4.30. The molecule has 0 radical (unpaired) electrons. The minimum Gasteiger partial charge on any atom is -0.496 e. The summed E-state index contributed by atoms with van der Waals surface area (Å²) in [7, 11) is 1.66. The molecule has 0 saturated carbocycles. The molecule has 15 heavy (non-hydrogen) atoms. The van der Waals surface area contributed by atoms with Crippen LogP contribution in [0.2, 0.25) is 0 Å². The van der Waals surface area contributed by atoms with Gasteiger partial charge in [-0.3, -0.25) is 0 Å². The molecular weight excluding hydrogens is 206 g/mol. The summed E-state index contributed by atoms with van der Waals surface area (Å²) in [4.78, 5) is 0. The predicted molar refractivity (Wildman–Crippen MR) is 64.2 cm³/mol. The summed E-state index contributed by atoms with van der Waals surface area (Å²) < 4.78 is 5.25. The molecule has 80 valence electrons. The van der Waals surface area contributed by atoms with Gasteiger partial charge in [-0.25, -0.2) is 0 Å². The van der Waals surface area contributed by atoms with E-state index in [4.69, 9.17) is 10.00 Å². The van der Waals surface area contributed by atoms with Crippen LogP contribution in [0.15, 0.2) is 18.2 Å². The highest BCUT2D eigenvalue weighted by Crippen LogP contribution is 2.24. The Bertz CT molecular complexity index is 357. The fourth-order valence-corrected chi connectivity index (χ4v) is 2.17. The van der Waals surface area contributed by atoms with Gasteiger partial charge in [-0.2, -0.15) is 17.0 Å². The van der Waals surface area contributed by atoms with Crippen LogP contribution in [0.5, 0.6) is 5.75 Å². The SMILES string of the molecule is CCCSCc1cc(C#N)ccc1OC. The summed E-state index contributed by atoms with van der Waals surface area (Å²) in [6.07, 6.45) is 1.17. The van der Waals surface area contributed by atoms with Crippen LogP contribution >= 0.6 is 11.8 Å². The van der Waals surface area contributed by atoms with Crippen LogP contribution in [0.3, 0.4) is 0 Å². The van der Waals surface area contributed by atoms with Gasteiger partial charge in [0.15, 0.2) is 0 Å². The van der Waals surface area contributed by atoms with Crippen molar-refractivity contribution >= 4 is 11.8 Å². The third kappa shape index (κ3) is 3.49. The number of rotatable bonds is 5.